The summed E-state index contributed by atoms with van der Waals surface area (Å²) in [7, 11) is 0. The monoisotopic (exact) mass is 287 g/mol. The molecule has 0 unspecified atom stereocenters. The Morgan fingerprint density at radius 1 is 1.50 bits per heavy atom. The fourth-order valence-electron chi connectivity index (χ4n) is 0.905. The summed E-state index contributed by atoms with van der Waals surface area (Å²) in [6.07, 6.45) is 1.35. The zero-order valence-electron chi connectivity index (χ0n) is 9.14. The van der Waals surface area contributed by atoms with Crippen molar-refractivity contribution in [3.05, 3.63) is 11.9 Å². The molecule has 1 heterocycles. The number of hydrogen-bond acceptors (Lipinski definition) is 4. The Labute approximate surface area is 99.1 Å². The molecule has 0 saturated carbocycles. The van der Waals surface area contributed by atoms with E-state index in [9.17, 15) is 9.59 Å². The number of hydrogen-bond donors (Lipinski definition) is 2. The SMILES string of the molecule is CC(C)(C)OC(=O)[As]c1cn[nH]c1C(=O)O. The van der Waals surface area contributed by atoms with Gasteiger partial charge in [0, 0.05) is 0 Å². The number of rotatable bonds is 3. The summed E-state index contributed by atoms with van der Waals surface area (Å²) in [5.41, 5.74) is -0.592. The molecule has 0 spiro atoms. The second-order valence-electron chi connectivity index (χ2n) is 4.03. The quantitative estimate of drug-likeness (QED) is 0.784. The van der Waals surface area contributed by atoms with Gasteiger partial charge in [0.05, 0.1) is 0 Å². The van der Waals surface area contributed by atoms with Crippen LogP contribution in [0.2, 0.25) is 0 Å². The van der Waals surface area contributed by atoms with Crippen LogP contribution in [0.1, 0.15) is 31.3 Å². The van der Waals surface area contributed by atoms with Crippen molar-refractivity contribution in [1.29, 1.82) is 0 Å². The number of H-pyrrole nitrogens is 1. The van der Waals surface area contributed by atoms with Crippen LogP contribution in [0, 0.1) is 0 Å². The third-order valence-corrected chi connectivity index (χ3v) is 3.23. The van der Waals surface area contributed by atoms with Crippen molar-refractivity contribution < 1.29 is 19.4 Å². The molecule has 16 heavy (non-hydrogen) atoms. The molecule has 0 aliphatic rings. The molecule has 0 aliphatic carbocycles. The van der Waals surface area contributed by atoms with Gasteiger partial charge in [0.25, 0.3) is 0 Å². The molecule has 0 atom stereocenters. The van der Waals surface area contributed by atoms with Gasteiger partial charge in [0.1, 0.15) is 0 Å². The number of aromatic carboxylic acids is 1. The minimum absolute atomic E-state index is 0.0362. The average molecular weight is 287 g/mol. The number of aromatic nitrogens is 2. The molecule has 0 aliphatic heterocycles. The van der Waals surface area contributed by atoms with Gasteiger partial charge >= 0.3 is 98.7 Å². The molecule has 7 heteroatoms. The molecule has 0 saturated heterocycles. The van der Waals surface area contributed by atoms with Crippen LogP contribution < -0.4 is 4.35 Å². The number of nitrogens with one attached hydrogen (secondary N) is 1. The molecule has 0 fully saturated rings. The predicted octanol–water partition coefficient (Wildman–Crippen LogP) is 0.372. The first-order chi connectivity index (χ1) is 7.29. The molecule has 0 bridgehead atoms. The van der Waals surface area contributed by atoms with E-state index in [0.717, 1.165) is 0 Å². The van der Waals surface area contributed by atoms with E-state index in [-0.39, 0.29) is 10.5 Å². The Hall–Kier alpha value is -1.29. The van der Waals surface area contributed by atoms with Crippen LogP contribution in [-0.4, -0.2) is 47.4 Å². The number of nitrogens with zero attached hydrogens (tertiary/aromatic N) is 1. The van der Waals surface area contributed by atoms with Gasteiger partial charge in [0.2, 0.25) is 0 Å². The van der Waals surface area contributed by atoms with Crippen molar-refractivity contribution in [1.82, 2.24) is 10.2 Å². The topological polar surface area (TPSA) is 92.3 Å². The van der Waals surface area contributed by atoms with Crippen LogP contribution in [0.5, 0.6) is 0 Å². The normalized spacial score (nSPS) is 11.9. The van der Waals surface area contributed by atoms with Gasteiger partial charge in [0.15, 0.2) is 0 Å². The molecule has 1 rings (SSSR count). The molecule has 0 amide bonds. The second kappa shape index (κ2) is 4.70. The van der Waals surface area contributed by atoms with E-state index in [1.807, 2.05) is 0 Å². The number of ether oxygens (including phenoxy) is 1. The van der Waals surface area contributed by atoms with E-state index in [0.29, 0.717) is 4.35 Å². The third kappa shape index (κ3) is 3.70. The fourth-order valence-corrected chi connectivity index (χ4v) is 2.77. The molecule has 87 valence electrons. The summed E-state index contributed by atoms with van der Waals surface area (Å²) in [6, 6.07) is 0. The van der Waals surface area contributed by atoms with Gasteiger partial charge in [-0.1, -0.05) is 0 Å². The molecular weight excluding hydrogens is 275 g/mol. The number of carbonyl (C=O) groups is 2. The third-order valence-electron chi connectivity index (χ3n) is 1.44. The van der Waals surface area contributed by atoms with Crippen molar-refractivity contribution >= 4 is 30.8 Å². The molecule has 1 aromatic heterocycles. The maximum absolute atomic E-state index is 11.5. The predicted molar refractivity (Wildman–Crippen MR) is 57.2 cm³/mol. The summed E-state index contributed by atoms with van der Waals surface area (Å²) in [4.78, 5) is 22.2. The minimum atomic E-state index is -1.12. The van der Waals surface area contributed by atoms with E-state index in [1.54, 1.807) is 20.8 Å². The van der Waals surface area contributed by atoms with E-state index < -0.39 is 27.3 Å². The first kappa shape index (κ1) is 12.8. The van der Waals surface area contributed by atoms with Crippen molar-refractivity contribution in [2.75, 3.05) is 0 Å². The van der Waals surface area contributed by atoms with E-state index >= 15 is 0 Å². The van der Waals surface area contributed by atoms with Gasteiger partial charge in [-0.15, -0.1) is 0 Å². The zero-order valence-corrected chi connectivity index (χ0v) is 11.0. The van der Waals surface area contributed by atoms with Crippen LogP contribution in [0.25, 0.3) is 0 Å². The van der Waals surface area contributed by atoms with Gasteiger partial charge < -0.3 is 0 Å². The maximum atomic E-state index is 11.5. The Kier molecular flexibility index (Phi) is 3.75. The summed E-state index contributed by atoms with van der Waals surface area (Å²) in [5.74, 6) is -1.12. The van der Waals surface area contributed by atoms with Crippen LogP contribution in [0.15, 0.2) is 6.20 Å². The zero-order chi connectivity index (χ0) is 12.3. The summed E-state index contributed by atoms with van der Waals surface area (Å²) < 4.78 is 5.15. The van der Waals surface area contributed by atoms with Crippen LogP contribution >= 0.6 is 0 Å². The van der Waals surface area contributed by atoms with Gasteiger partial charge in [-0.25, -0.2) is 0 Å². The number of carboxylic acids is 1. The Balaban J connectivity index is 2.70. The van der Waals surface area contributed by atoms with Crippen molar-refractivity contribution in [3.8, 4) is 0 Å². The summed E-state index contributed by atoms with van der Waals surface area (Å²) >= 11 is -1.000. The molecule has 1 aromatic rings. The molecule has 6 nitrogen and oxygen atoms in total. The van der Waals surface area contributed by atoms with Crippen molar-refractivity contribution in [3.63, 3.8) is 0 Å². The number of aromatic amines is 1. The molecule has 0 aromatic carbocycles. The summed E-state index contributed by atoms with van der Waals surface area (Å²) in [6.45, 7) is 5.29. The number of carbonyl (C=O) groups excluding carboxylic acids is 1. The van der Waals surface area contributed by atoms with Gasteiger partial charge in [-0.05, 0) is 0 Å². The molecule has 1 radical (unpaired) electrons. The van der Waals surface area contributed by atoms with Crippen molar-refractivity contribution in [2.24, 2.45) is 0 Å². The second-order valence-corrected chi connectivity index (χ2v) is 6.27. The molecule has 2 N–H and O–H groups in total. The Morgan fingerprint density at radius 2 is 2.12 bits per heavy atom. The van der Waals surface area contributed by atoms with Crippen molar-refractivity contribution in [2.45, 2.75) is 26.4 Å². The van der Waals surface area contributed by atoms with Crippen LogP contribution in [-0.2, 0) is 4.74 Å². The fraction of sp³-hybridized carbons (Fsp3) is 0.444. The number of carboxylic acid groups (broad SMARTS) is 1. The average Bonchev–Trinajstić information content (AvgIpc) is 2.47. The van der Waals surface area contributed by atoms with Crippen LogP contribution in [0.4, 0.5) is 4.79 Å². The van der Waals surface area contributed by atoms with E-state index in [4.69, 9.17) is 9.84 Å². The van der Waals surface area contributed by atoms with Gasteiger partial charge in [-0.3, -0.25) is 0 Å². The van der Waals surface area contributed by atoms with E-state index in [2.05, 4.69) is 10.2 Å². The van der Waals surface area contributed by atoms with Gasteiger partial charge in [-0.2, -0.15) is 0 Å². The summed E-state index contributed by atoms with van der Waals surface area (Å²) in [5, 5.41) is 14.7. The first-order valence-electron chi connectivity index (χ1n) is 4.51. The Bertz CT molecular complexity index is 408. The van der Waals surface area contributed by atoms with E-state index in [1.165, 1.54) is 6.20 Å². The van der Waals surface area contributed by atoms with Crippen LogP contribution in [0.3, 0.4) is 0 Å². The Morgan fingerprint density at radius 3 is 2.62 bits per heavy atom. The first-order valence-corrected chi connectivity index (χ1v) is 6.38. The standard InChI is InChI=1S/C9H12AsN2O4/c1-9(2,3)16-8(15)10-5-4-11-12-6(5)7(13)14/h4H,1-3H3,(H,11,12)(H,13,14). The molecular formula is C9H12AsN2O4.